The number of rotatable bonds is 1. The van der Waals surface area contributed by atoms with E-state index in [0.29, 0.717) is 0 Å². The summed E-state index contributed by atoms with van der Waals surface area (Å²) in [6.45, 7) is 0. The van der Waals surface area contributed by atoms with E-state index in [-0.39, 0.29) is 24.8 Å². The van der Waals surface area contributed by atoms with Gasteiger partial charge in [-0.05, 0) is 0 Å². The van der Waals surface area contributed by atoms with Crippen LogP contribution in [-0.4, -0.2) is 7.11 Å². The summed E-state index contributed by atoms with van der Waals surface area (Å²) in [5.74, 6) is 1.01. The Morgan fingerprint density at radius 3 is 2.50 bits per heavy atom. The van der Waals surface area contributed by atoms with E-state index in [9.17, 15) is 0 Å². The Labute approximate surface area is 135 Å². The SMILES string of the molecule is COc1cc[c]([Zr+2])c2c1-c1ccccc1C2.[Cl-].[Cl-]. The van der Waals surface area contributed by atoms with Crippen molar-refractivity contribution in [1.29, 1.82) is 0 Å². The average Bonchev–Trinajstić information content (AvgIpc) is 2.70. The number of hydrogen-bond donors (Lipinski definition) is 0. The number of methoxy groups -OCH3 is 1. The van der Waals surface area contributed by atoms with E-state index in [4.69, 9.17) is 4.74 Å². The zero-order valence-electron chi connectivity index (χ0n) is 9.84. The van der Waals surface area contributed by atoms with Gasteiger partial charge in [0, 0.05) is 0 Å². The Bertz CT molecular complexity index is 570. The quantitative estimate of drug-likeness (QED) is 0.438. The number of hydrogen-bond acceptors (Lipinski definition) is 1. The van der Waals surface area contributed by atoms with Crippen LogP contribution in [0.25, 0.3) is 11.1 Å². The molecule has 0 amide bonds. The predicted molar refractivity (Wildman–Crippen MR) is 60.9 cm³/mol. The second-order valence-electron chi connectivity index (χ2n) is 4.00. The molecule has 1 aliphatic rings. The second-order valence-corrected chi connectivity index (χ2v) is 5.33. The minimum Gasteiger partial charge on any atom is -1.00 e. The third-order valence-electron chi connectivity index (χ3n) is 3.15. The van der Waals surface area contributed by atoms with Gasteiger partial charge in [0.2, 0.25) is 0 Å². The van der Waals surface area contributed by atoms with E-state index >= 15 is 0 Å². The van der Waals surface area contributed by atoms with Crippen molar-refractivity contribution in [1.82, 2.24) is 0 Å². The third kappa shape index (κ3) is 2.39. The minimum absolute atomic E-state index is 0. The molecule has 0 bridgehead atoms. The number of halogens is 2. The molecule has 0 saturated carbocycles. The van der Waals surface area contributed by atoms with Crippen molar-refractivity contribution < 1.29 is 54.3 Å². The van der Waals surface area contributed by atoms with Crippen molar-refractivity contribution in [2.24, 2.45) is 0 Å². The molecule has 1 nitrogen and oxygen atoms in total. The summed E-state index contributed by atoms with van der Waals surface area (Å²) in [7, 11) is 1.75. The summed E-state index contributed by atoms with van der Waals surface area (Å²) in [5.41, 5.74) is 5.54. The number of fused-ring (bicyclic) bond motifs is 3. The van der Waals surface area contributed by atoms with Gasteiger partial charge in [0.05, 0.1) is 0 Å². The maximum Gasteiger partial charge on any atom is -1.00 e. The molecule has 2 aromatic carbocycles. The van der Waals surface area contributed by atoms with Gasteiger partial charge in [-0.15, -0.1) is 0 Å². The number of benzene rings is 2. The summed E-state index contributed by atoms with van der Waals surface area (Å²) in [6, 6.07) is 12.9. The van der Waals surface area contributed by atoms with Crippen molar-refractivity contribution in [3.05, 3.63) is 47.5 Å². The molecule has 0 atom stereocenters. The molecule has 0 N–H and O–H groups in total. The molecule has 0 saturated heterocycles. The Balaban J connectivity index is 0.000000810. The van der Waals surface area contributed by atoms with Crippen LogP contribution in [-0.2, 0) is 31.1 Å². The van der Waals surface area contributed by atoms with Crippen molar-refractivity contribution in [2.45, 2.75) is 6.42 Å². The first-order chi connectivity index (χ1) is 7.81. The predicted octanol–water partition coefficient (Wildman–Crippen LogP) is -3.55. The molecule has 1 aliphatic carbocycles. The standard InChI is InChI=1S/C14H11O.2ClH.Zr/c1-15-13-8-4-6-11-9-10-5-2-3-7-12(10)14(11)13;;;/h2-5,7-8H,9H2,1H3;2*1H;/q;;;+2/p-2. The molecular formula is C14H11Cl2OZr. The van der Waals surface area contributed by atoms with E-state index in [2.05, 4.69) is 36.4 Å². The van der Waals surface area contributed by atoms with E-state index in [1.807, 2.05) is 0 Å². The van der Waals surface area contributed by atoms with Crippen LogP contribution in [0.15, 0.2) is 36.4 Å². The average molecular weight is 357 g/mol. The summed E-state index contributed by atoms with van der Waals surface area (Å²) in [4.78, 5) is 0. The van der Waals surface area contributed by atoms with Crippen molar-refractivity contribution in [2.75, 3.05) is 7.11 Å². The van der Waals surface area contributed by atoms with Crippen LogP contribution in [0.5, 0.6) is 5.75 Å². The van der Waals surface area contributed by atoms with E-state index in [1.54, 1.807) is 7.11 Å². The maximum absolute atomic E-state index is 5.48. The minimum atomic E-state index is 0. The van der Waals surface area contributed by atoms with E-state index in [1.165, 1.54) is 50.2 Å². The van der Waals surface area contributed by atoms with Gasteiger partial charge in [-0.2, -0.15) is 0 Å². The van der Waals surface area contributed by atoms with Crippen LogP contribution in [0.4, 0.5) is 0 Å². The topological polar surface area (TPSA) is 9.23 Å². The first kappa shape index (κ1) is 15.8. The maximum atomic E-state index is 5.48. The summed E-state index contributed by atoms with van der Waals surface area (Å²) >= 11 is 1.48. The van der Waals surface area contributed by atoms with Gasteiger partial charge in [-0.1, -0.05) is 0 Å². The van der Waals surface area contributed by atoms with Gasteiger partial charge >= 0.3 is 111 Å². The first-order valence-corrected chi connectivity index (χ1v) is 6.54. The molecule has 0 aliphatic heterocycles. The Hall–Kier alpha value is -0.297. The fourth-order valence-corrected chi connectivity index (χ4v) is 3.11. The Morgan fingerprint density at radius 2 is 1.78 bits per heavy atom. The third-order valence-corrected chi connectivity index (χ3v) is 4.30. The van der Waals surface area contributed by atoms with Crippen LogP contribution in [0.3, 0.4) is 0 Å². The van der Waals surface area contributed by atoms with E-state index < -0.39 is 0 Å². The van der Waals surface area contributed by atoms with Crippen molar-refractivity contribution in [3.8, 4) is 16.9 Å². The molecule has 4 heteroatoms. The van der Waals surface area contributed by atoms with Gasteiger partial charge in [0.15, 0.2) is 0 Å². The van der Waals surface area contributed by atoms with Crippen molar-refractivity contribution >= 4 is 3.27 Å². The van der Waals surface area contributed by atoms with Crippen LogP contribution in [0.2, 0.25) is 0 Å². The molecule has 0 heterocycles. The molecule has 3 rings (SSSR count). The zero-order chi connectivity index (χ0) is 11.1. The summed E-state index contributed by atoms with van der Waals surface area (Å²) in [5, 5.41) is 0. The molecule has 0 radical (unpaired) electrons. The zero-order valence-corrected chi connectivity index (χ0v) is 13.8. The van der Waals surface area contributed by atoms with Crippen LogP contribution in [0, 0.1) is 0 Å². The molecule has 0 spiro atoms. The molecule has 18 heavy (non-hydrogen) atoms. The fraction of sp³-hybridized carbons (Fsp3) is 0.143. The second kappa shape index (κ2) is 6.23. The van der Waals surface area contributed by atoms with Crippen molar-refractivity contribution in [3.63, 3.8) is 0 Å². The molecular weight excluding hydrogens is 346 g/mol. The first-order valence-electron chi connectivity index (χ1n) is 5.31. The van der Waals surface area contributed by atoms with Gasteiger partial charge in [0.25, 0.3) is 0 Å². The van der Waals surface area contributed by atoms with Gasteiger partial charge in [-0.25, -0.2) is 0 Å². The molecule has 2 aromatic rings. The number of ether oxygens (including phenoxy) is 1. The van der Waals surface area contributed by atoms with Gasteiger partial charge in [0.1, 0.15) is 0 Å². The molecule has 0 aromatic heterocycles. The molecule has 0 fully saturated rings. The Morgan fingerprint density at radius 1 is 1.06 bits per heavy atom. The van der Waals surface area contributed by atoms with Gasteiger partial charge < -0.3 is 24.8 Å². The molecule has 0 unspecified atom stereocenters. The largest absolute Gasteiger partial charge is 1.00 e. The Kier molecular flexibility index (Phi) is 5.46. The van der Waals surface area contributed by atoms with Crippen LogP contribution < -0.4 is 32.8 Å². The summed E-state index contributed by atoms with van der Waals surface area (Å²) < 4.78 is 6.92. The van der Waals surface area contributed by atoms with Crippen LogP contribution in [0.1, 0.15) is 11.1 Å². The normalized spacial score (nSPS) is 10.8. The monoisotopic (exact) mass is 355 g/mol. The smallest absolute Gasteiger partial charge is 1.00 e. The van der Waals surface area contributed by atoms with Crippen LogP contribution >= 0.6 is 0 Å². The van der Waals surface area contributed by atoms with Gasteiger partial charge in [-0.3, -0.25) is 0 Å². The summed E-state index contributed by atoms with van der Waals surface area (Å²) in [6.07, 6.45) is 1.06. The fourth-order valence-electron chi connectivity index (χ4n) is 2.38. The molecule has 91 valence electrons. The van der Waals surface area contributed by atoms with E-state index in [0.717, 1.165) is 12.2 Å².